The molecule has 1 unspecified atom stereocenters. The first kappa shape index (κ1) is 20.7. The van der Waals surface area contributed by atoms with Crippen molar-refractivity contribution in [3.8, 4) is 5.75 Å². The summed E-state index contributed by atoms with van der Waals surface area (Å²) in [6, 6.07) is 8.37. The van der Waals surface area contributed by atoms with Crippen molar-refractivity contribution in [3.05, 3.63) is 59.7 Å². The molecule has 2 N–H and O–H groups in total. The third-order valence-corrected chi connectivity index (χ3v) is 4.41. The van der Waals surface area contributed by atoms with Crippen molar-refractivity contribution in [2.75, 3.05) is 6.61 Å². The van der Waals surface area contributed by atoms with Gasteiger partial charge in [-0.05, 0) is 39.0 Å². The Bertz CT molecular complexity index is 983. The smallest absolute Gasteiger partial charge is 0.255 e. The van der Waals surface area contributed by atoms with Crippen LogP contribution in [0.4, 0.5) is 4.39 Å². The van der Waals surface area contributed by atoms with Crippen molar-refractivity contribution in [3.63, 3.8) is 0 Å². The maximum atomic E-state index is 13.9. The monoisotopic (exact) mass is 400 g/mol. The van der Waals surface area contributed by atoms with Crippen LogP contribution in [0.1, 0.15) is 42.0 Å². The molecule has 1 amide bonds. The molecule has 0 aliphatic carbocycles. The minimum atomic E-state index is -1.51. The first-order valence-electron chi connectivity index (χ1n) is 9.39. The third kappa shape index (κ3) is 5.29. The van der Waals surface area contributed by atoms with Gasteiger partial charge in [0.15, 0.2) is 0 Å². The minimum Gasteiger partial charge on any atom is -0.487 e. The molecule has 8 heteroatoms. The number of aliphatic hydroxyl groups excluding tert-OH is 1. The van der Waals surface area contributed by atoms with Gasteiger partial charge >= 0.3 is 0 Å². The summed E-state index contributed by atoms with van der Waals surface area (Å²) in [7, 11) is 0. The summed E-state index contributed by atoms with van der Waals surface area (Å²) in [5.41, 5.74) is 0.733. The molecular weight excluding hydrogens is 375 g/mol. The van der Waals surface area contributed by atoms with Crippen LogP contribution in [0.2, 0.25) is 0 Å². The molecule has 0 saturated carbocycles. The van der Waals surface area contributed by atoms with Crippen LogP contribution in [0, 0.1) is 6.92 Å². The number of halogens is 1. The summed E-state index contributed by atoms with van der Waals surface area (Å²) < 4.78 is 21.3. The summed E-state index contributed by atoms with van der Waals surface area (Å²) in [5, 5.41) is 16.6. The SMILES string of the molecule is Cc1nn2ccc(OCc3ccccn3)cc2c1C(=O)NC(CO)CC(C)(C)F. The number of alkyl halides is 1. The molecule has 7 nitrogen and oxygen atoms in total. The zero-order valence-electron chi connectivity index (χ0n) is 16.7. The number of aromatic nitrogens is 3. The molecule has 3 aromatic heterocycles. The summed E-state index contributed by atoms with van der Waals surface area (Å²) in [6.45, 7) is 4.49. The molecule has 3 aromatic rings. The van der Waals surface area contributed by atoms with Crippen LogP contribution in [-0.2, 0) is 6.61 Å². The van der Waals surface area contributed by atoms with Crippen molar-refractivity contribution in [2.24, 2.45) is 0 Å². The number of aliphatic hydroxyl groups is 1. The average molecular weight is 400 g/mol. The molecule has 29 heavy (non-hydrogen) atoms. The normalized spacial score (nSPS) is 12.7. The lowest BCUT2D eigenvalue weighted by molar-refractivity contribution is 0.0874. The molecule has 0 aromatic carbocycles. The quantitative estimate of drug-likeness (QED) is 0.607. The lowest BCUT2D eigenvalue weighted by Gasteiger charge is -2.22. The Morgan fingerprint density at radius 1 is 1.38 bits per heavy atom. The average Bonchev–Trinajstić information content (AvgIpc) is 3.00. The summed E-state index contributed by atoms with van der Waals surface area (Å²) in [4.78, 5) is 17.1. The van der Waals surface area contributed by atoms with Crippen molar-refractivity contribution in [2.45, 2.75) is 45.5 Å². The van der Waals surface area contributed by atoms with Crippen LogP contribution in [-0.4, -0.2) is 43.9 Å². The topological polar surface area (TPSA) is 88.8 Å². The molecule has 1 atom stereocenters. The van der Waals surface area contributed by atoms with Crippen LogP contribution in [0.25, 0.3) is 5.52 Å². The number of rotatable bonds is 8. The number of nitrogens with one attached hydrogen (secondary N) is 1. The number of hydrogen-bond donors (Lipinski definition) is 2. The summed E-state index contributed by atoms with van der Waals surface area (Å²) >= 11 is 0. The van der Waals surface area contributed by atoms with E-state index in [1.54, 1.807) is 36.0 Å². The van der Waals surface area contributed by atoms with Gasteiger partial charge in [0, 0.05) is 24.9 Å². The van der Waals surface area contributed by atoms with Crippen molar-refractivity contribution in [1.82, 2.24) is 19.9 Å². The van der Waals surface area contributed by atoms with Gasteiger partial charge in [-0.25, -0.2) is 8.91 Å². The maximum Gasteiger partial charge on any atom is 0.255 e. The maximum absolute atomic E-state index is 13.9. The van der Waals surface area contributed by atoms with Gasteiger partial charge in [-0.2, -0.15) is 5.10 Å². The first-order chi connectivity index (χ1) is 13.8. The summed E-state index contributed by atoms with van der Waals surface area (Å²) in [5.74, 6) is 0.156. The number of fused-ring (bicyclic) bond motifs is 1. The second-order valence-corrected chi connectivity index (χ2v) is 7.54. The van der Waals surface area contributed by atoms with E-state index < -0.39 is 17.6 Å². The fraction of sp³-hybridized carbons (Fsp3) is 0.381. The van der Waals surface area contributed by atoms with Gasteiger partial charge < -0.3 is 15.2 Å². The van der Waals surface area contributed by atoms with Crippen LogP contribution in [0.5, 0.6) is 5.75 Å². The van der Waals surface area contributed by atoms with E-state index in [0.717, 1.165) is 5.69 Å². The number of carbonyl (C=O) groups excluding carboxylic acids is 1. The predicted molar refractivity (Wildman–Crippen MR) is 107 cm³/mol. The van der Waals surface area contributed by atoms with Crippen molar-refractivity contribution < 1.29 is 19.0 Å². The lowest BCUT2D eigenvalue weighted by Crippen LogP contribution is -2.41. The highest BCUT2D eigenvalue weighted by Crippen LogP contribution is 2.22. The number of ether oxygens (including phenoxy) is 1. The molecule has 0 radical (unpaired) electrons. The van der Waals surface area contributed by atoms with Gasteiger partial charge in [-0.3, -0.25) is 9.78 Å². The second kappa shape index (κ2) is 8.57. The molecular formula is C21H25FN4O3. The largest absolute Gasteiger partial charge is 0.487 e. The van der Waals surface area contributed by atoms with E-state index >= 15 is 0 Å². The lowest BCUT2D eigenvalue weighted by atomic mass is 10.0. The van der Waals surface area contributed by atoms with Crippen molar-refractivity contribution >= 4 is 11.4 Å². The number of nitrogens with zero attached hydrogens (tertiary/aromatic N) is 3. The van der Waals surface area contributed by atoms with E-state index in [1.807, 2.05) is 18.2 Å². The molecule has 154 valence electrons. The molecule has 0 aliphatic rings. The van der Waals surface area contributed by atoms with E-state index in [2.05, 4.69) is 15.4 Å². The molecule has 3 heterocycles. The third-order valence-electron chi connectivity index (χ3n) is 4.41. The van der Waals surface area contributed by atoms with Gasteiger partial charge in [-0.1, -0.05) is 6.07 Å². The molecule has 0 fully saturated rings. The Kier molecular flexibility index (Phi) is 6.12. The highest BCUT2D eigenvalue weighted by molar-refractivity contribution is 6.02. The van der Waals surface area contributed by atoms with E-state index in [0.29, 0.717) is 29.1 Å². The van der Waals surface area contributed by atoms with Crippen LogP contribution >= 0.6 is 0 Å². The van der Waals surface area contributed by atoms with E-state index in [-0.39, 0.29) is 13.0 Å². The predicted octanol–water partition coefficient (Wildman–Crippen LogP) is 2.85. The fourth-order valence-electron chi connectivity index (χ4n) is 3.16. The zero-order valence-corrected chi connectivity index (χ0v) is 16.7. The Labute approximate surface area is 168 Å². The van der Waals surface area contributed by atoms with Gasteiger partial charge in [-0.15, -0.1) is 0 Å². The van der Waals surface area contributed by atoms with Crippen LogP contribution in [0.3, 0.4) is 0 Å². The molecule has 0 aliphatic heterocycles. The number of hydrogen-bond acceptors (Lipinski definition) is 5. The molecule has 0 spiro atoms. The first-order valence-corrected chi connectivity index (χ1v) is 9.39. The second-order valence-electron chi connectivity index (χ2n) is 7.54. The van der Waals surface area contributed by atoms with Gasteiger partial charge in [0.05, 0.1) is 35.1 Å². The molecule has 0 bridgehead atoms. The number of amides is 1. The van der Waals surface area contributed by atoms with Gasteiger partial charge in [0.1, 0.15) is 18.0 Å². The van der Waals surface area contributed by atoms with E-state index in [1.165, 1.54) is 13.8 Å². The Morgan fingerprint density at radius 2 is 2.17 bits per heavy atom. The molecule has 3 rings (SSSR count). The van der Waals surface area contributed by atoms with Crippen molar-refractivity contribution in [1.29, 1.82) is 0 Å². The van der Waals surface area contributed by atoms with Crippen LogP contribution < -0.4 is 10.1 Å². The highest BCUT2D eigenvalue weighted by atomic mass is 19.1. The van der Waals surface area contributed by atoms with Gasteiger partial charge in [0.2, 0.25) is 0 Å². The summed E-state index contributed by atoms with van der Waals surface area (Å²) in [6.07, 6.45) is 3.41. The van der Waals surface area contributed by atoms with E-state index in [9.17, 15) is 14.3 Å². The zero-order chi connectivity index (χ0) is 21.0. The van der Waals surface area contributed by atoms with Crippen LogP contribution in [0.15, 0.2) is 42.7 Å². The standard InChI is InChI=1S/C21H25FN4O3/c1-14-19(20(28)24-16(12-27)11-21(2,3)22)18-10-17(7-9-26(18)25-14)29-13-15-6-4-5-8-23-15/h4-10,16,27H,11-13H2,1-3H3,(H,24,28). The Morgan fingerprint density at radius 3 is 2.83 bits per heavy atom. The number of carbonyl (C=O) groups is 1. The molecule has 0 saturated heterocycles. The van der Waals surface area contributed by atoms with Gasteiger partial charge in [0.25, 0.3) is 5.91 Å². The minimum absolute atomic E-state index is 0.00589. The number of pyridine rings is 2. The van der Waals surface area contributed by atoms with E-state index in [4.69, 9.17) is 4.74 Å². The fourth-order valence-corrected chi connectivity index (χ4v) is 3.16. The highest BCUT2D eigenvalue weighted by Gasteiger charge is 2.25. The Balaban J connectivity index is 1.81. The Hall–Kier alpha value is -3.00. The number of aryl methyl sites for hydroxylation is 1.